The quantitative estimate of drug-likeness (QED) is 0.0148. The molecule has 6 aliphatic heterocycles. The van der Waals surface area contributed by atoms with Crippen LogP contribution < -0.4 is 74.6 Å². The molecule has 0 radical (unpaired) electrons. The fraction of sp³-hybridized carbons (Fsp3) is 0.568. The molecule has 9 aromatic rings. The van der Waals surface area contributed by atoms with E-state index in [0.29, 0.717) is 172 Å². The summed E-state index contributed by atoms with van der Waals surface area (Å²) < 4.78 is 114. The van der Waals surface area contributed by atoms with E-state index >= 15 is 22.0 Å². The first-order chi connectivity index (χ1) is 71.6. The Labute approximate surface area is 855 Å². The van der Waals surface area contributed by atoms with E-state index in [2.05, 4.69) is 64.9 Å². The maximum Gasteiger partial charge on any atom is 0.339 e. The van der Waals surface area contributed by atoms with Gasteiger partial charge in [0.05, 0.1) is 99.5 Å². The number of nitrogens with zero attached hydrogens (tertiary/aromatic N) is 16. The molecule has 5 saturated heterocycles. The number of pyridine rings is 4. The molecular formula is C111H139F5N16O16. The van der Waals surface area contributed by atoms with Gasteiger partial charge in [0.1, 0.15) is 56.2 Å². The van der Waals surface area contributed by atoms with Gasteiger partial charge in [-0.3, -0.25) is 4.79 Å². The van der Waals surface area contributed by atoms with Crippen molar-refractivity contribution in [3.05, 3.63) is 150 Å². The van der Waals surface area contributed by atoms with Crippen LogP contribution in [0, 0.1) is 88.3 Å². The number of ether oxygens (including phenoxy) is 5. The fourth-order valence-corrected chi connectivity index (χ4v) is 27.2. The van der Waals surface area contributed by atoms with Crippen LogP contribution in [-0.4, -0.2) is 196 Å². The van der Waals surface area contributed by atoms with Crippen LogP contribution >= 0.6 is 0 Å². The van der Waals surface area contributed by atoms with Crippen molar-refractivity contribution in [1.82, 2.24) is 18.3 Å². The predicted octanol–water partition coefficient (Wildman–Crippen LogP) is 19.5. The van der Waals surface area contributed by atoms with E-state index < -0.39 is 23.7 Å². The second-order valence-electron chi connectivity index (χ2n) is 43.7. The van der Waals surface area contributed by atoms with Gasteiger partial charge in [-0.25, -0.2) is 26.7 Å². The Bertz CT molecular complexity index is 6920. The number of methoxy groups -OCH3 is 5. The van der Waals surface area contributed by atoms with Crippen molar-refractivity contribution in [2.45, 2.75) is 243 Å². The van der Waals surface area contributed by atoms with E-state index in [1.165, 1.54) is 184 Å². The lowest BCUT2D eigenvalue weighted by molar-refractivity contribution is 0.0692. The van der Waals surface area contributed by atoms with Crippen molar-refractivity contribution >= 4 is 102 Å². The maximum absolute atomic E-state index is 15.5. The summed E-state index contributed by atoms with van der Waals surface area (Å²) in [6.07, 6.45) is 45.6. The van der Waals surface area contributed by atoms with Gasteiger partial charge in [-0.05, 0) is 218 Å². The van der Waals surface area contributed by atoms with Crippen LogP contribution in [0.3, 0.4) is 0 Å². The summed E-state index contributed by atoms with van der Waals surface area (Å²) in [6.45, 7) is 8.15. The van der Waals surface area contributed by atoms with E-state index in [4.69, 9.17) is 39.3 Å². The van der Waals surface area contributed by atoms with E-state index in [-0.39, 0.29) is 99.1 Å². The molecule has 10 heterocycles. The molecule has 0 amide bonds. The highest BCUT2D eigenvalue weighted by molar-refractivity contribution is 6.00. The van der Waals surface area contributed by atoms with E-state index in [0.717, 1.165) is 147 Å². The minimum absolute atomic E-state index is 0. The summed E-state index contributed by atoms with van der Waals surface area (Å²) in [5.74, 6) is 5.16. The number of rotatable bonds is 20. The zero-order valence-electron chi connectivity index (χ0n) is 84.2. The first-order valence-corrected chi connectivity index (χ1v) is 53.1. The molecule has 11 atom stereocenters. The van der Waals surface area contributed by atoms with Crippen LogP contribution in [-0.2, 0) is 6.61 Å². The number of anilines is 6. The molecule has 5 aromatic carbocycles. The molecule has 37 heteroatoms. The molecule has 15 fully saturated rings. The molecule has 32 nitrogen and oxygen atoms in total. The molecule has 1 unspecified atom stereocenters. The second kappa shape index (κ2) is 43.1. The molecule has 148 heavy (non-hydrogen) atoms. The van der Waals surface area contributed by atoms with Crippen LogP contribution in [0.1, 0.15) is 263 Å². The molecule has 794 valence electrons. The number of carbonyl (C=O) groups is 1. The molecule has 4 aromatic heterocycles. The minimum Gasteiger partial charge on any atom is -0.492 e. The van der Waals surface area contributed by atoms with E-state index in [1.54, 1.807) is 47.0 Å². The SMILES string of the molecule is C.COc1c(N2C[C@H]3CCCC[C@H]3C2)c(F)cc2/c(=N/O)c(CO)cn(C3CC3)c12.COc1c(N2C[C@H]3CCCC[C@H]3C2)c(F)cc2/c(=N\O)c(/C=N/O)cn(C3CC3)c12.COc1c(N2C[C@H]3CCCC[C@H]3C2)c(F)cc2/c(=N\O)c(C(=O)O)cn(C3CC3)c12.COc1c(N2C[C@H]3CCCC[C@H]3C2)c(F)cc2c(=O)c(/C=N/O)cn(C3CC3)c12.COc1c(N2C[C@H]3CCCC[C@H]3C2)c(F)cc2c1N(C1CC1)C=C(/C=N/O)C2O. The smallest absolute Gasteiger partial charge is 0.339 e. The number of benzene rings is 5. The topological polar surface area (TPSA) is 376 Å². The highest BCUT2D eigenvalue weighted by Gasteiger charge is 2.48. The number of fused-ring (bicyclic) bond motifs is 10. The van der Waals surface area contributed by atoms with Crippen molar-refractivity contribution in [2.24, 2.45) is 90.1 Å². The third kappa shape index (κ3) is 19.2. The van der Waals surface area contributed by atoms with Gasteiger partial charge in [-0.2, -0.15) is 0 Å². The number of aromatic carboxylic acids is 1. The van der Waals surface area contributed by atoms with Gasteiger partial charge in [0.25, 0.3) is 0 Å². The summed E-state index contributed by atoms with van der Waals surface area (Å²) >= 11 is 0. The second-order valence-corrected chi connectivity index (χ2v) is 43.7. The summed E-state index contributed by atoms with van der Waals surface area (Å²) in [5.41, 5.74) is 7.41. The van der Waals surface area contributed by atoms with Crippen molar-refractivity contribution < 1.29 is 97.0 Å². The summed E-state index contributed by atoms with van der Waals surface area (Å²) in [6, 6.07) is 8.18. The van der Waals surface area contributed by atoms with Gasteiger partial charge in [0, 0.05) is 165 Å². The lowest BCUT2D eigenvalue weighted by Gasteiger charge is -2.35. The summed E-state index contributed by atoms with van der Waals surface area (Å²) in [5, 5.41) is 107. The molecule has 0 spiro atoms. The van der Waals surface area contributed by atoms with E-state index in [1.807, 2.05) is 19.9 Å². The van der Waals surface area contributed by atoms with Crippen LogP contribution in [0.2, 0.25) is 0 Å². The lowest BCUT2D eigenvalue weighted by Crippen LogP contribution is -2.29. The highest BCUT2D eigenvalue weighted by atomic mass is 19.1. The Morgan fingerprint density at radius 1 is 0.358 bits per heavy atom. The zero-order chi connectivity index (χ0) is 102. The number of aliphatic hydroxyl groups is 2. The van der Waals surface area contributed by atoms with Gasteiger partial charge in [-0.15, -0.1) is 0 Å². The van der Waals surface area contributed by atoms with Crippen molar-refractivity contribution in [1.29, 1.82) is 0 Å². The molecule has 9 N–H and O–H groups in total. The number of aromatic nitrogens is 4. The van der Waals surface area contributed by atoms with Gasteiger partial charge in [0.15, 0.2) is 63.3 Å². The van der Waals surface area contributed by atoms with Gasteiger partial charge in [0.2, 0.25) is 0 Å². The molecule has 25 rings (SSSR count). The number of hydrogen-bond donors (Lipinski definition) is 9. The number of carboxylic acids is 1. The monoisotopic (exact) mass is 2050 g/mol. The average Bonchev–Trinajstić information content (AvgIpc) is 1.47. The number of halogens is 5. The number of oxime groups is 3. The number of hydrogen-bond acceptors (Lipinski definition) is 27. The first kappa shape index (κ1) is 103. The van der Waals surface area contributed by atoms with Crippen molar-refractivity contribution in [3.63, 3.8) is 0 Å². The van der Waals surface area contributed by atoms with Crippen LogP contribution in [0.25, 0.3) is 43.6 Å². The molecule has 0 bridgehead atoms. The Balaban J connectivity index is 0.000000112. The first-order valence-electron chi connectivity index (χ1n) is 53.1. The molecule has 10 aliphatic carbocycles. The minimum atomic E-state index is -1.22. The third-order valence-corrected chi connectivity index (χ3v) is 34.8. The van der Waals surface area contributed by atoms with Crippen LogP contribution in [0.4, 0.5) is 56.1 Å². The molecular weight excluding hydrogens is 1910 g/mol. The van der Waals surface area contributed by atoms with Crippen molar-refractivity contribution in [3.8, 4) is 28.7 Å². The van der Waals surface area contributed by atoms with Gasteiger partial charge in [-0.1, -0.05) is 103 Å². The summed E-state index contributed by atoms with van der Waals surface area (Å²) in [4.78, 5) is 37.4. The van der Waals surface area contributed by atoms with Crippen LogP contribution in [0.5, 0.6) is 28.7 Å². The zero-order valence-corrected chi connectivity index (χ0v) is 84.2. The normalized spacial score (nSPS) is 25.3. The molecule has 16 aliphatic rings. The Hall–Kier alpha value is -12.7. The predicted molar refractivity (Wildman–Crippen MR) is 554 cm³/mol. The molecule has 10 saturated carbocycles. The van der Waals surface area contributed by atoms with Crippen molar-refractivity contribution in [2.75, 3.05) is 130 Å². The lowest BCUT2D eigenvalue weighted by atomic mass is 9.82. The highest BCUT2D eigenvalue weighted by Crippen LogP contribution is 2.57. The largest absolute Gasteiger partial charge is 0.492 e. The fourth-order valence-electron chi connectivity index (χ4n) is 27.2. The van der Waals surface area contributed by atoms with E-state index in [9.17, 15) is 40.5 Å². The Morgan fingerprint density at radius 3 is 0.953 bits per heavy atom. The number of aliphatic hydroxyl groups excluding tert-OH is 2. The maximum atomic E-state index is 15.5. The van der Waals surface area contributed by atoms with Crippen LogP contribution in [0.15, 0.2) is 103 Å². The summed E-state index contributed by atoms with van der Waals surface area (Å²) in [7, 11) is 7.78. The average molecular weight is 2050 g/mol. The van der Waals surface area contributed by atoms with Gasteiger partial charge >= 0.3 is 5.97 Å². The number of carboxylic acid groups (broad SMARTS) is 1. The van der Waals surface area contributed by atoms with Gasteiger partial charge < -0.3 is 118 Å². The Morgan fingerprint density at radius 2 is 0.642 bits per heavy atom. The third-order valence-electron chi connectivity index (χ3n) is 34.8. The standard InChI is InChI=1S/C22H27FN4O3.C22H26FN3O4.C22H28FN3O3.C22H26FN3O3.C22H28FN3O3.CH4/c1-30-22-20-17(19(25-29)15(9-24-28)12-27(20)16-6-7-16)8-18(23)21(22)26-10-13-4-2-3-5-14(13)11-26;1-30-21-19-15(18(24-29)16(22(27)28)11-26(19)14-6-7-14)8-17(23)20(21)25-9-12-4-2-3-5-13(12)10-25;2*1-29-22-19-17(21(27)15(9-24-28)12-26(19)16-6-7-16)8-18(23)20(22)25-10-13-4-2-3-5-14(13)11-25;1-29-22-20-17(19(24-28)15(12-27)11-26(20)16-6-7-16)8-18(23)21(22)25-9-13-4-2-3-5-14(13)10-25;/h8-9,12-14,16,28-29H,2-7,10-11H2,1H3;8,11-14,29H,2-7,9-10H2,1H3,(H,27,28);8-9,12-14,16,21,27-28H,2-7,10-11H2,1H3;8-9,12-14,16,28H,2-7,10-11H2,1H3;8,11,13-14,16,27-28H,2-7,9-10,12H2,1H3;1H4/b24-9+,25-19-;24-18+;2*24-9+;24-19+;/t13-,14+;12-,13+;13-,14+,21?;2*13-,14+;. The Kier molecular flexibility index (Phi) is 29.9.